The number of anilines is 2. The molecular weight excluding hydrogens is 302 g/mol. The lowest BCUT2D eigenvalue weighted by Gasteiger charge is -2.31. The van der Waals surface area contributed by atoms with E-state index in [1.807, 2.05) is 36.4 Å². The molecule has 2 heterocycles. The predicted octanol–water partition coefficient (Wildman–Crippen LogP) is 3.03. The molecule has 0 spiro atoms. The van der Waals surface area contributed by atoms with E-state index < -0.39 is 0 Å². The summed E-state index contributed by atoms with van der Waals surface area (Å²) in [5.41, 5.74) is 1.05. The van der Waals surface area contributed by atoms with Gasteiger partial charge < -0.3 is 10.2 Å². The minimum absolute atomic E-state index is 0.268. The highest BCUT2D eigenvalue weighted by molar-refractivity contribution is 5.88. The molecule has 0 radical (unpaired) electrons. The Morgan fingerprint density at radius 1 is 1.21 bits per heavy atom. The molecule has 126 valence electrons. The number of benzene rings is 1. The van der Waals surface area contributed by atoms with Crippen LogP contribution in [-0.4, -0.2) is 29.1 Å². The number of rotatable bonds is 4. The van der Waals surface area contributed by atoms with E-state index in [1.165, 1.54) is 19.2 Å². The molecule has 1 fully saturated rings. The van der Waals surface area contributed by atoms with Gasteiger partial charge in [0.25, 0.3) is 0 Å². The first-order chi connectivity index (χ1) is 11.7. The van der Waals surface area contributed by atoms with Crippen LogP contribution in [0, 0.1) is 5.92 Å². The molecular formula is C18H23N5O. The Morgan fingerprint density at radius 2 is 1.96 bits per heavy atom. The van der Waals surface area contributed by atoms with Crippen LogP contribution >= 0.6 is 0 Å². The van der Waals surface area contributed by atoms with Crippen molar-refractivity contribution in [3.8, 4) is 0 Å². The molecule has 1 aliphatic heterocycles. The Balaban J connectivity index is 1.55. The third kappa shape index (κ3) is 4.44. The molecule has 0 bridgehead atoms. The van der Waals surface area contributed by atoms with Crippen molar-refractivity contribution in [1.82, 2.24) is 15.3 Å². The average Bonchev–Trinajstić information content (AvgIpc) is 2.62. The number of urea groups is 1. The molecule has 2 aromatic rings. The lowest BCUT2D eigenvalue weighted by Crippen LogP contribution is -2.33. The van der Waals surface area contributed by atoms with Gasteiger partial charge in [-0.25, -0.2) is 14.8 Å². The van der Waals surface area contributed by atoms with Gasteiger partial charge >= 0.3 is 6.03 Å². The summed E-state index contributed by atoms with van der Waals surface area (Å²) in [5.74, 6) is 2.16. The fourth-order valence-electron chi connectivity index (χ4n) is 2.76. The van der Waals surface area contributed by atoms with Gasteiger partial charge in [0.15, 0.2) is 0 Å². The summed E-state index contributed by atoms with van der Waals surface area (Å²) in [6.45, 7) is 4.76. The van der Waals surface area contributed by atoms with Gasteiger partial charge in [-0.3, -0.25) is 5.32 Å². The average molecular weight is 325 g/mol. The lowest BCUT2D eigenvalue weighted by molar-refractivity contribution is 0.251. The van der Waals surface area contributed by atoms with E-state index in [1.54, 1.807) is 0 Å². The summed E-state index contributed by atoms with van der Waals surface area (Å²) in [5, 5.41) is 5.60. The molecule has 6 nitrogen and oxygen atoms in total. The Labute approximate surface area is 142 Å². The number of aromatic nitrogens is 2. The maximum absolute atomic E-state index is 12.0. The normalized spacial score (nSPS) is 15.1. The number of carbonyl (C=O) groups is 1. The summed E-state index contributed by atoms with van der Waals surface area (Å²) < 4.78 is 0. The Morgan fingerprint density at radius 3 is 2.71 bits per heavy atom. The molecule has 24 heavy (non-hydrogen) atoms. The first kappa shape index (κ1) is 16.2. The van der Waals surface area contributed by atoms with Crippen molar-refractivity contribution < 1.29 is 4.79 Å². The third-order valence-corrected chi connectivity index (χ3v) is 4.30. The number of carbonyl (C=O) groups excluding carboxylic acids is 1. The molecule has 2 N–H and O–H groups in total. The van der Waals surface area contributed by atoms with Crippen molar-refractivity contribution in [2.24, 2.45) is 5.92 Å². The molecule has 0 unspecified atom stereocenters. The first-order valence-electron chi connectivity index (χ1n) is 8.36. The monoisotopic (exact) mass is 325 g/mol. The molecule has 0 saturated carbocycles. The van der Waals surface area contributed by atoms with Gasteiger partial charge in [-0.1, -0.05) is 37.3 Å². The standard InChI is InChI=1S/C18H23N5O/c1-14-7-9-23(10-8-14)17-11-16(20-13-21-17)22-18(24)19-12-15-5-3-2-4-6-15/h2-6,11,13-14H,7-10,12H2,1H3,(H2,19,20,21,22,24). The van der Waals surface area contributed by atoms with E-state index in [-0.39, 0.29) is 6.03 Å². The van der Waals surface area contributed by atoms with E-state index in [4.69, 9.17) is 0 Å². The van der Waals surface area contributed by atoms with Crippen LogP contribution in [0.1, 0.15) is 25.3 Å². The van der Waals surface area contributed by atoms with Crippen molar-refractivity contribution >= 4 is 17.7 Å². The van der Waals surface area contributed by atoms with Crippen LogP contribution in [0.15, 0.2) is 42.7 Å². The van der Waals surface area contributed by atoms with Crippen molar-refractivity contribution in [1.29, 1.82) is 0 Å². The zero-order chi connectivity index (χ0) is 16.8. The summed E-state index contributed by atoms with van der Waals surface area (Å²) in [6.07, 6.45) is 3.84. The van der Waals surface area contributed by atoms with E-state index in [2.05, 4.69) is 32.4 Å². The largest absolute Gasteiger partial charge is 0.356 e. The highest BCUT2D eigenvalue weighted by Crippen LogP contribution is 2.22. The predicted molar refractivity (Wildman–Crippen MR) is 94.9 cm³/mol. The fraction of sp³-hybridized carbons (Fsp3) is 0.389. The van der Waals surface area contributed by atoms with Crippen LogP contribution in [0.25, 0.3) is 0 Å². The van der Waals surface area contributed by atoms with E-state index >= 15 is 0 Å². The quantitative estimate of drug-likeness (QED) is 0.906. The van der Waals surface area contributed by atoms with Crippen LogP contribution in [0.3, 0.4) is 0 Å². The molecule has 6 heteroatoms. The minimum Gasteiger partial charge on any atom is -0.356 e. The zero-order valence-corrected chi connectivity index (χ0v) is 13.9. The second-order valence-electron chi connectivity index (χ2n) is 6.22. The van der Waals surface area contributed by atoms with Crippen LogP contribution in [0.5, 0.6) is 0 Å². The smallest absolute Gasteiger partial charge is 0.320 e. The molecule has 2 amide bonds. The first-order valence-corrected chi connectivity index (χ1v) is 8.36. The number of hydrogen-bond acceptors (Lipinski definition) is 4. The van der Waals surface area contributed by atoms with Gasteiger partial charge in [-0.05, 0) is 24.3 Å². The second-order valence-corrected chi connectivity index (χ2v) is 6.22. The SMILES string of the molecule is CC1CCN(c2cc(NC(=O)NCc3ccccc3)ncn2)CC1. The molecule has 1 aliphatic rings. The van der Waals surface area contributed by atoms with Crippen LogP contribution in [0.2, 0.25) is 0 Å². The van der Waals surface area contributed by atoms with Gasteiger partial charge in [0, 0.05) is 25.7 Å². The Hall–Kier alpha value is -2.63. The van der Waals surface area contributed by atoms with Crippen LogP contribution in [-0.2, 0) is 6.54 Å². The van der Waals surface area contributed by atoms with E-state index in [0.29, 0.717) is 12.4 Å². The lowest BCUT2D eigenvalue weighted by atomic mass is 9.99. The third-order valence-electron chi connectivity index (χ3n) is 4.30. The number of amides is 2. The number of nitrogens with one attached hydrogen (secondary N) is 2. The van der Waals surface area contributed by atoms with Crippen molar-refractivity contribution in [3.63, 3.8) is 0 Å². The van der Waals surface area contributed by atoms with Gasteiger partial charge in [0.1, 0.15) is 18.0 Å². The highest BCUT2D eigenvalue weighted by atomic mass is 16.2. The van der Waals surface area contributed by atoms with Gasteiger partial charge in [-0.15, -0.1) is 0 Å². The molecule has 1 aromatic carbocycles. The van der Waals surface area contributed by atoms with Crippen molar-refractivity contribution in [2.45, 2.75) is 26.3 Å². The summed E-state index contributed by atoms with van der Waals surface area (Å²) >= 11 is 0. The molecule has 1 aromatic heterocycles. The summed E-state index contributed by atoms with van der Waals surface area (Å²) in [4.78, 5) is 22.7. The van der Waals surface area contributed by atoms with E-state index in [0.717, 1.165) is 30.4 Å². The van der Waals surface area contributed by atoms with Gasteiger partial charge in [0.2, 0.25) is 0 Å². The molecule has 1 saturated heterocycles. The number of hydrogen-bond donors (Lipinski definition) is 2. The van der Waals surface area contributed by atoms with Crippen molar-refractivity contribution in [2.75, 3.05) is 23.3 Å². The molecule has 0 aliphatic carbocycles. The molecule has 0 atom stereocenters. The topological polar surface area (TPSA) is 70.2 Å². The van der Waals surface area contributed by atoms with E-state index in [9.17, 15) is 4.79 Å². The fourth-order valence-corrected chi connectivity index (χ4v) is 2.76. The van der Waals surface area contributed by atoms with Crippen LogP contribution in [0.4, 0.5) is 16.4 Å². The highest BCUT2D eigenvalue weighted by Gasteiger charge is 2.17. The van der Waals surface area contributed by atoms with Gasteiger partial charge in [-0.2, -0.15) is 0 Å². The van der Waals surface area contributed by atoms with Crippen molar-refractivity contribution in [3.05, 3.63) is 48.3 Å². The molecule has 3 rings (SSSR count). The van der Waals surface area contributed by atoms with Gasteiger partial charge in [0.05, 0.1) is 0 Å². The maximum Gasteiger partial charge on any atom is 0.320 e. The second kappa shape index (κ2) is 7.77. The number of nitrogens with zero attached hydrogens (tertiary/aromatic N) is 3. The summed E-state index contributed by atoms with van der Waals surface area (Å²) in [6, 6.07) is 11.4. The van der Waals surface area contributed by atoms with Crippen LogP contribution < -0.4 is 15.5 Å². The maximum atomic E-state index is 12.0. The number of piperidine rings is 1. The Bertz CT molecular complexity index is 668. The zero-order valence-electron chi connectivity index (χ0n) is 13.9. The Kier molecular flexibility index (Phi) is 5.25. The summed E-state index contributed by atoms with van der Waals surface area (Å²) in [7, 11) is 0. The minimum atomic E-state index is -0.268.